The van der Waals surface area contributed by atoms with Gasteiger partial charge in [-0.2, -0.15) is 4.98 Å². The van der Waals surface area contributed by atoms with Gasteiger partial charge < -0.3 is 10.1 Å². The number of methoxy groups -OCH3 is 1. The topological polar surface area (TPSA) is 51.5 Å². The predicted molar refractivity (Wildman–Crippen MR) is 73.3 cm³/mol. The molecule has 0 saturated carbocycles. The van der Waals surface area contributed by atoms with Crippen molar-refractivity contribution in [1.82, 2.24) is 14.6 Å². The monoisotopic (exact) mass is 272 g/mol. The lowest BCUT2D eigenvalue weighted by atomic mass is 10.2. The van der Waals surface area contributed by atoms with E-state index in [0.717, 1.165) is 11.3 Å². The zero-order valence-electron chi connectivity index (χ0n) is 10.9. The van der Waals surface area contributed by atoms with Gasteiger partial charge in [-0.25, -0.2) is 8.91 Å². The van der Waals surface area contributed by atoms with Gasteiger partial charge in [0.25, 0.3) is 0 Å². The summed E-state index contributed by atoms with van der Waals surface area (Å²) in [7, 11) is 1.63. The van der Waals surface area contributed by atoms with Crippen molar-refractivity contribution < 1.29 is 9.13 Å². The molecule has 0 spiro atoms. The molecule has 5 nitrogen and oxygen atoms in total. The van der Waals surface area contributed by atoms with Crippen molar-refractivity contribution in [3.63, 3.8) is 0 Å². The number of hydrogen-bond donors (Lipinski definition) is 1. The Kier molecular flexibility index (Phi) is 3.20. The van der Waals surface area contributed by atoms with E-state index in [2.05, 4.69) is 15.4 Å². The Morgan fingerprint density at radius 2 is 2.20 bits per heavy atom. The van der Waals surface area contributed by atoms with Crippen LogP contribution in [0.5, 0.6) is 5.75 Å². The molecule has 0 aliphatic rings. The smallest absolute Gasteiger partial charge is 0.243 e. The Bertz CT molecular complexity index is 741. The van der Waals surface area contributed by atoms with Gasteiger partial charge in [0.15, 0.2) is 5.65 Å². The van der Waals surface area contributed by atoms with Gasteiger partial charge in [-0.15, -0.1) is 5.10 Å². The van der Waals surface area contributed by atoms with E-state index in [0.29, 0.717) is 18.1 Å². The van der Waals surface area contributed by atoms with Crippen molar-refractivity contribution in [1.29, 1.82) is 0 Å². The normalized spacial score (nSPS) is 10.7. The van der Waals surface area contributed by atoms with E-state index in [1.807, 2.05) is 24.3 Å². The third kappa shape index (κ3) is 2.54. The average molecular weight is 272 g/mol. The number of nitrogens with one attached hydrogen (secondary N) is 1. The molecule has 0 unspecified atom stereocenters. The van der Waals surface area contributed by atoms with Crippen molar-refractivity contribution in [2.24, 2.45) is 0 Å². The minimum Gasteiger partial charge on any atom is -0.497 e. The molecule has 20 heavy (non-hydrogen) atoms. The zero-order valence-corrected chi connectivity index (χ0v) is 10.9. The molecule has 1 N–H and O–H groups in total. The zero-order chi connectivity index (χ0) is 13.9. The van der Waals surface area contributed by atoms with Gasteiger partial charge in [-0.05, 0) is 29.8 Å². The molecule has 0 radical (unpaired) electrons. The summed E-state index contributed by atoms with van der Waals surface area (Å²) in [6, 6.07) is 10.7. The van der Waals surface area contributed by atoms with Gasteiger partial charge in [0.1, 0.15) is 11.6 Å². The van der Waals surface area contributed by atoms with E-state index in [4.69, 9.17) is 4.74 Å². The predicted octanol–water partition coefficient (Wildman–Crippen LogP) is 2.49. The molecule has 0 saturated heterocycles. The lowest BCUT2D eigenvalue weighted by Crippen LogP contribution is -2.01. The molecule has 6 heteroatoms. The Hall–Kier alpha value is -2.63. The maximum absolute atomic E-state index is 13.1. The number of rotatable bonds is 4. The molecular formula is C14H13FN4O. The summed E-state index contributed by atoms with van der Waals surface area (Å²) < 4.78 is 19.6. The number of pyridine rings is 1. The van der Waals surface area contributed by atoms with Gasteiger partial charge in [0, 0.05) is 6.54 Å². The number of benzene rings is 1. The first-order chi connectivity index (χ1) is 9.74. The number of anilines is 1. The summed E-state index contributed by atoms with van der Waals surface area (Å²) in [6.07, 6.45) is 1.29. The van der Waals surface area contributed by atoms with Gasteiger partial charge in [-0.3, -0.25) is 0 Å². The Labute approximate surface area is 115 Å². The fourth-order valence-corrected chi connectivity index (χ4v) is 1.90. The van der Waals surface area contributed by atoms with Crippen LogP contribution in [-0.2, 0) is 6.54 Å². The lowest BCUT2D eigenvalue weighted by Gasteiger charge is -2.04. The fraction of sp³-hybridized carbons (Fsp3) is 0.143. The first kappa shape index (κ1) is 12.4. The molecule has 2 aromatic heterocycles. The van der Waals surface area contributed by atoms with Crippen molar-refractivity contribution in [3.05, 3.63) is 54.0 Å². The van der Waals surface area contributed by atoms with E-state index in [9.17, 15) is 4.39 Å². The van der Waals surface area contributed by atoms with Crippen molar-refractivity contribution in [2.45, 2.75) is 6.54 Å². The summed E-state index contributed by atoms with van der Waals surface area (Å²) in [4.78, 5) is 4.25. The summed E-state index contributed by atoms with van der Waals surface area (Å²) >= 11 is 0. The standard InChI is InChI=1S/C14H13FN4O/c1-20-12-4-2-3-10(7-12)8-16-14-17-13-6-5-11(15)9-19(13)18-14/h2-7,9H,8H2,1H3,(H,16,18). The van der Waals surface area contributed by atoms with E-state index in [-0.39, 0.29) is 5.82 Å². The molecule has 0 bridgehead atoms. The lowest BCUT2D eigenvalue weighted by molar-refractivity contribution is 0.414. The highest BCUT2D eigenvalue weighted by molar-refractivity contribution is 5.43. The second-order valence-corrected chi connectivity index (χ2v) is 4.29. The van der Waals surface area contributed by atoms with Gasteiger partial charge in [-0.1, -0.05) is 12.1 Å². The second kappa shape index (κ2) is 5.16. The van der Waals surface area contributed by atoms with Crippen LogP contribution in [0.15, 0.2) is 42.6 Å². The Balaban J connectivity index is 1.76. The number of halogens is 1. The van der Waals surface area contributed by atoms with Crippen molar-refractivity contribution in [2.75, 3.05) is 12.4 Å². The van der Waals surface area contributed by atoms with Gasteiger partial charge in [0.05, 0.1) is 13.3 Å². The molecule has 0 aliphatic heterocycles. The van der Waals surface area contributed by atoms with E-state index in [1.165, 1.54) is 16.8 Å². The third-order valence-corrected chi connectivity index (χ3v) is 2.88. The van der Waals surface area contributed by atoms with Crippen LogP contribution in [0.25, 0.3) is 5.65 Å². The number of hydrogen-bond acceptors (Lipinski definition) is 4. The van der Waals surface area contributed by atoms with Crippen LogP contribution in [0.4, 0.5) is 10.3 Å². The van der Waals surface area contributed by atoms with Crippen molar-refractivity contribution >= 4 is 11.6 Å². The molecule has 0 atom stereocenters. The second-order valence-electron chi connectivity index (χ2n) is 4.29. The van der Waals surface area contributed by atoms with E-state index < -0.39 is 0 Å². The molecule has 0 aliphatic carbocycles. The highest BCUT2D eigenvalue weighted by Crippen LogP contribution is 2.14. The molecule has 3 aromatic rings. The largest absolute Gasteiger partial charge is 0.497 e. The Morgan fingerprint density at radius 1 is 1.30 bits per heavy atom. The third-order valence-electron chi connectivity index (χ3n) is 2.88. The average Bonchev–Trinajstić information content (AvgIpc) is 2.87. The fourth-order valence-electron chi connectivity index (χ4n) is 1.90. The molecule has 102 valence electrons. The highest BCUT2D eigenvalue weighted by Gasteiger charge is 2.04. The van der Waals surface area contributed by atoms with Gasteiger partial charge in [0.2, 0.25) is 5.95 Å². The molecule has 3 rings (SSSR count). The minimum absolute atomic E-state index is 0.346. The quantitative estimate of drug-likeness (QED) is 0.792. The Morgan fingerprint density at radius 3 is 3.05 bits per heavy atom. The summed E-state index contributed by atoms with van der Waals surface area (Å²) in [5, 5.41) is 7.25. The molecular weight excluding hydrogens is 259 g/mol. The molecule has 0 fully saturated rings. The summed E-state index contributed by atoms with van der Waals surface area (Å²) in [5.74, 6) is 0.912. The maximum atomic E-state index is 13.1. The molecule has 1 aromatic carbocycles. The maximum Gasteiger partial charge on any atom is 0.243 e. The number of fused-ring (bicyclic) bond motifs is 1. The van der Waals surface area contributed by atoms with Crippen LogP contribution < -0.4 is 10.1 Å². The minimum atomic E-state index is -0.346. The first-order valence-corrected chi connectivity index (χ1v) is 6.13. The summed E-state index contributed by atoms with van der Waals surface area (Å²) in [5.41, 5.74) is 1.65. The van der Waals surface area contributed by atoms with Crippen molar-refractivity contribution in [3.8, 4) is 5.75 Å². The molecule has 0 amide bonds. The highest BCUT2D eigenvalue weighted by atomic mass is 19.1. The van der Waals surface area contributed by atoms with E-state index in [1.54, 1.807) is 13.2 Å². The number of aromatic nitrogens is 3. The van der Waals surface area contributed by atoms with Gasteiger partial charge >= 0.3 is 0 Å². The van der Waals surface area contributed by atoms with E-state index >= 15 is 0 Å². The van der Waals surface area contributed by atoms with Crippen LogP contribution in [-0.4, -0.2) is 21.7 Å². The van der Waals surface area contributed by atoms with Crippen LogP contribution >= 0.6 is 0 Å². The van der Waals surface area contributed by atoms with Crippen LogP contribution in [0.1, 0.15) is 5.56 Å². The number of nitrogens with zero attached hydrogens (tertiary/aromatic N) is 3. The number of ether oxygens (including phenoxy) is 1. The summed E-state index contributed by atoms with van der Waals surface area (Å²) in [6.45, 7) is 0.566. The SMILES string of the molecule is COc1cccc(CNc2nc3ccc(F)cn3n2)c1. The van der Waals surface area contributed by atoms with Crippen LogP contribution in [0, 0.1) is 5.82 Å². The van der Waals surface area contributed by atoms with Crippen LogP contribution in [0.2, 0.25) is 0 Å². The van der Waals surface area contributed by atoms with Crippen LogP contribution in [0.3, 0.4) is 0 Å². The first-order valence-electron chi connectivity index (χ1n) is 6.13. The molecule has 2 heterocycles.